The van der Waals surface area contributed by atoms with E-state index in [0.717, 1.165) is 44.3 Å². The fourth-order valence-electron chi connectivity index (χ4n) is 4.42. The van der Waals surface area contributed by atoms with Crippen LogP contribution in [0.5, 0.6) is 5.75 Å². The van der Waals surface area contributed by atoms with E-state index in [4.69, 9.17) is 4.74 Å². The van der Waals surface area contributed by atoms with E-state index in [0.29, 0.717) is 12.2 Å². The van der Waals surface area contributed by atoms with Crippen molar-refractivity contribution in [2.24, 2.45) is 11.3 Å². The number of hydrogen-bond donors (Lipinski definition) is 1. The molecule has 1 amide bonds. The van der Waals surface area contributed by atoms with E-state index < -0.39 is 0 Å². The summed E-state index contributed by atoms with van der Waals surface area (Å²) in [7, 11) is 1.49. The molecule has 1 aliphatic carbocycles. The summed E-state index contributed by atoms with van der Waals surface area (Å²) in [6, 6.07) is 5.37. The first-order valence-corrected chi connectivity index (χ1v) is 9.25. The van der Waals surface area contributed by atoms with Crippen LogP contribution < -0.4 is 4.74 Å². The first-order valence-electron chi connectivity index (χ1n) is 9.25. The lowest BCUT2D eigenvalue weighted by atomic mass is 9.64. The van der Waals surface area contributed by atoms with Crippen LogP contribution >= 0.6 is 0 Å². The van der Waals surface area contributed by atoms with Gasteiger partial charge in [0.05, 0.1) is 19.6 Å². The molecule has 1 saturated heterocycles. The van der Waals surface area contributed by atoms with Crippen molar-refractivity contribution in [3.05, 3.63) is 29.6 Å². The molecule has 1 N–H and O–H groups in total. The van der Waals surface area contributed by atoms with Gasteiger partial charge >= 0.3 is 0 Å². The second-order valence-electron chi connectivity index (χ2n) is 7.62. The lowest BCUT2D eigenvalue weighted by molar-refractivity contribution is -0.151. The number of ether oxygens (including phenoxy) is 1. The van der Waals surface area contributed by atoms with E-state index in [9.17, 15) is 14.3 Å². The van der Waals surface area contributed by atoms with Gasteiger partial charge in [0, 0.05) is 18.5 Å². The zero-order valence-corrected chi connectivity index (χ0v) is 15.1. The highest BCUT2D eigenvalue weighted by Gasteiger charge is 2.47. The smallest absolute Gasteiger partial charge is 0.228 e. The van der Waals surface area contributed by atoms with Crippen LogP contribution in [-0.2, 0) is 4.79 Å². The van der Waals surface area contributed by atoms with Crippen molar-refractivity contribution in [2.75, 3.05) is 26.8 Å². The maximum absolute atomic E-state index is 14.5. The summed E-state index contributed by atoms with van der Waals surface area (Å²) in [5, 5.41) is 9.30. The third-order valence-corrected chi connectivity index (χ3v) is 6.13. The quantitative estimate of drug-likeness (QED) is 0.887. The molecule has 25 heavy (non-hydrogen) atoms. The first kappa shape index (κ1) is 18.2. The fourth-order valence-corrected chi connectivity index (χ4v) is 4.42. The van der Waals surface area contributed by atoms with Crippen LogP contribution in [0.1, 0.15) is 50.5 Å². The Bertz CT molecular complexity index is 613. The number of likely N-dealkylation sites (tertiary alicyclic amines) is 1. The summed E-state index contributed by atoms with van der Waals surface area (Å²) in [6.45, 7) is 3.43. The molecule has 2 aliphatic rings. The molecule has 1 aliphatic heterocycles. The van der Waals surface area contributed by atoms with E-state index in [-0.39, 0.29) is 35.6 Å². The van der Waals surface area contributed by atoms with Gasteiger partial charge in [0.1, 0.15) is 0 Å². The van der Waals surface area contributed by atoms with Gasteiger partial charge in [-0.2, -0.15) is 0 Å². The van der Waals surface area contributed by atoms with Gasteiger partial charge in [-0.3, -0.25) is 4.79 Å². The third-order valence-electron chi connectivity index (χ3n) is 6.13. The molecule has 1 aromatic rings. The fraction of sp³-hybridized carbons (Fsp3) is 0.650. The summed E-state index contributed by atoms with van der Waals surface area (Å²) in [5.74, 6) is 0.125. The number of hydrogen-bond acceptors (Lipinski definition) is 3. The van der Waals surface area contributed by atoms with Crippen molar-refractivity contribution in [1.29, 1.82) is 0 Å². The van der Waals surface area contributed by atoms with Gasteiger partial charge in [-0.1, -0.05) is 19.1 Å². The number of methoxy groups -OCH3 is 1. The van der Waals surface area contributed by atoms with E-state index in [1.165, 1.54) is 7.11 Å². The lowest BCUT2D eigenvalue weighted by Gasteiger charge is -2.54. The minimum atomic E-state index is -0.264. The highest BCUT2D eigenvalue weighted by molar-refractivity contribution is 5.80. The Morgan fingerprint density at radius 3 is 2.64 bits per heavy atom. The molecule has 1 atom stereocenters. The van der Waals surface area contributed by atoms with Gasteiger partial charge in [0.25, 0.3) is 0 Å². The topological polar surface area (TPSA) is 49.8 Å². The maximum atomic E-state index is 14.5. The summed E-state index contributed by atoms with van der Waals surface area (Å²) in [5.41, 5.74) is 0.961. The highest BCUT2D eigenvalue weighted by atomic mass is 19.1. The standard InChI is InChI=1S/C20H28FNO3/c1-3-14(11-23)19(24)22-12-20(13-22)9-7-15(8-10-20)16-5-4-6-17(25-2)18(16)21/h4-6,14-15,23H,3,7-13H2,1-2H3/t14-/m1/s1. The predicted octanol–water partition coefficient (Wildman–Crippen LogP) is 3.34. The number of carbonyl (C=O) groups excluding carboxylic acids is 1. The van der Waals surface area contributed by atoms with Crippen LogP contribution in [0.4, 0.5) is 4.39 Å². The molecule has 138 valence electrons. The normalized spacial score (nSPS) is 21.0. The molecule has 0 unspecified atom stereocenters. The van der Waals surface area contributed by atoms with Gasteiger partial charge in [0.2, 0.25) is 5.91 Å². The molecule has 5 heteroatoms. The van der Waals surface area contributed by atoms with Crippen LogP contribution in [0, 0.1) is 17.2 Å². The predicted molar refractivity (Wildman–Crippen MR) is 94.0 cm³/mol. The minimum absolute atomic E-state index is 0.0734. The zero-order valence-electron chi connectivity index (χ0n) is 15.1. The summed E-state index contributed by atoms with van der Waals surface area (Å²) in [4.78, 5) is 14.2. The number of nitrogens with zero attached hydrogens (tertiary/aromatic N) is 1. The van der Waals surface area contributed by atoms with Crippen LogP contribution in [-0.4, -0.2) is 42.7 Å². The summed E-state index contributed by atoms with van der Waals surface area (Å²) in [6.07, 6.45) is 4.62. The van der Waals surface area contributed by atoms with Crippen molar-refractivity contribution in [1.82, 2.24) is 4.90 Å². The Labute approximate surface area is 149 Å². The van der Waals surface area contributed by atoms with Crippen molar-refractivity contribution in [3.63, 3.8) is 0 Å². The van der Waals surface area contributed by atoms with E-state index >= 15 is 0 Å². The van der Waals surface area contributed by atoms with Crippen molar-refractivity contribution >= 4 is 5.91 Å². The van der Waals surface area contributed by atoms with Crippen LogP contribution in [0.2, 0.25) is 0 Å². The number of carbonyl (C=O) groups is 1. The Kier molecular flexibility index (Phi) is 5.32. The highest BCUT2D eigenvalue weighted by Crippen LogP contribution is 2.49. The molecule has 4 nitrogen and oxygen atoms in total. The molecule has 1 heterocycles. The van der Waals surface area contributed by atoms with Crippen molar-refractivity contribution in [2.45, 2.75) is 44.9 Å². The summed E-state index contributed by atoms with van der Waals surface area (Å²) < 4.78 is 19.6. The average Bonchev–Trinajstić information content (AvgIpc) is 2.61. The van der Waals surface area contributed by atoms with Crippen LogP contribution in [0.25, 0.3) is 0 Å². The SMILES string of the molecule is CC[C@H](CO)C(=O)N1CC2(CCC(c3cccc(OC)c3F)CC2)C1. The maximum Gasteiger partial charge on any atom is 0.228 e. The lowest BCUT2D eigenvalue weighted by Crippen LogP contribution is -2.60. The molecule has 1 spiro atoms. The number of aliphatic hydroxyl groups is 1. The molecule has 2 fully saturated rings. The molecule has 3 rings (SSSR count). The van der Waals surface area contributed by atoms with Gasteiger partial charge in [0.15, 0.2) is 11.6 Å². The van der Waals surface area contributed by atoms with Crippen LogP contribution in [0.15, 0.2) is 18.2 Å². The molecule has 1 saturated carbocycles. The first-order chi connectivity index (χ1) is 12.0. The monoisotopic (exact) mass is 349 g/mol. The van der Waals surface area contributed by atoms with Crippen molar-refractivity contribution in [3.8, 4) is 5.75 Å². The Morgan fingerprint density at radius 1 is 1.40 bits per heavy atom. The second kappa shape index (κ2) is 7.32. The van der Waals surface area contributed by atoms with Gasteiger partial charge in [-0.05, 0) is 49.7 Å². The van der Waals surface area contributed by atoms with Crippen LogP contribution in [0.3, 0.4) is 0 Å². The number of rotatable bonds is 5. The van der Waals surface area contributed by atoms with Crippen molar-refractivity contribution < 1.29 is 19.0 Å². The number of aliphatic hydroxyl groups excluding tert-OH is 1. The second-order valence-corrected chi connectivity index (χ2v) is 7.62. The Hall–Kier alpha value is -1.62. The van der Waals surface area contributed by atoms with Gasteiger partial charge in [-0.25, -0.2) is 4.39 Å². The number of benzene rings is 1. The third kappa shape index (κ3) is 3.39. The molecule has 0 radical (unpaired) electrons. The minimum Gasteiger partial charge on any atom is -0.494 e. The summed E-state index contributed by atoms with van der Waals surface area (Å²) >= 11 is 0. The number of amides is 1. The van der Waals surface area contributed by atoms with E-state index in [1.54, 1.807) is 6.07 Å². The molecular formula is C20H28FNO3. The van der Waals surface area contributed by atoms with Gasteiger partial charge < -0.3 is 14.7 Å². The largest absolute Gasteiger partial charge is 0.494 e. The average molecular weight is 349 g/mol. The Balaban J connectivity index is 1.58. The number of halogens is 1. The molecule has 0 bridgehead atoms. The van der Waals surface area contributed by atoms with E-state index in [2.05, 4.69) is 0 Å². The molecular weight excluding hydrogens is 321 g/mol. The molecule has 0 aromatic heterocycles. The molecule has 1 aromatic carbocycles. The van der Waals surface area contributed by atoms with Gasteiger partial charge in [-0.15, -0.1) is 0 Å². The zero-order chi connectivity index (χ0) is 18.0. The Morgan fingerprint density at radius 2 is 2.08 bits per heavy atom. The van der Waals surface area contributed by atoms with E-state index in [1.807, 2.05) is 24.0 Å².